The number of fused-ring (bicyclic) bond motifs is 5. The molecule has 0 aromatic carbocycles. The van der Waals surface area contributed by atoms with Gasteiger partial charge in [0.15, 0.2) is 5.78 Å². The van der Waals surface area contributed by atoms with Crippen molar-refractivity contribution < 1.29 is 14.3 Å². The summed E-state index contributed by atoms with van der Waals surface area (Å²) in [7, 11) is 0. The fraction of sp³-hybridized carbons (Fsp3) is 0.700. The zero-order valence-electron chi connectivity index (χ0n) is 14.1. The Balaban J connectivity index is 1.62. The van der Waals surface area contributed by atoms with Crippen LogP contribution in [0.15, 0.2) is 23.8 Å². The predicted octanol–water partition coefficient (Wildman–Crippen LogP) is 3.84. The minimum Gasteiger partial charge on any atom is -0.462 e. The SMILES string of the molecule is CC(=O)O[C@H]1CC[C@H]2[C@@H]3C=CC4=CC(=O)CCC4[C@H]3CC[C@]12C. The van der Waals surface area contributed by atoms with Crippen LogP contribution in [0.25, 0.3) is 0 Å². The number of ketones is 1. The predicted molar refractivity (Wildman–Crippen MR) is 87.6 cm³/mol. The van der Waals surface area contributed by atoms with Gasteiger partial charge in [0.25, 0.3) is 0 Å². The van der Waals surface area contributed by atoms with E-state index in [1.165, 1.54) is 18.9 Å². The van der Waals surface area contributed by atoms with E-state index in [9.17, 15) is 9.59 Å². The fourth-order valence-corrected chi connectivity index (χ4v) is 6.00. The quantitative estimate of drug-likeness (QED) is 0.691. The smallest absolute Gasteiger partial charge is 0.302 e. The number of carbonyl (C=O) groups excluding carboxylic acids is 2. The molecule has 0 aromatic rings. The molecule has 0 saturated heterocycles. The normalized spacial score (nSPS) is 44.9. The Morgan fingerprint density at radius 2 is 2.09 bits per heavy atom. The first-order chi connectivity index (χ1) is 11.0. The topological polar surface area (TPSA) is 43.4 Å². The lowest BCUT2D eigenvalue weighted by Gasteiger charge is -2.51. The van der Waals surface area contributed by atoms with E-state index in [4.69, 9.17) is 4.74 Å². The van der Waals surface area contributed by atoms with Crippen molar-refractivity contribution in [2.75, 3.05) is 0 Å². The van der Waals surface area contributed by atoms with Crippen molar-refractivity contribution in [3.63, 3.8) is 0 Å². The molecule has 3 heteroatoms. The monoisotopic (exact) mass is 314 g/mol. The molecule has 0 spiro atoms. The average Bonchev–Trinajstić information content (AvgIpc) is 2.83. The van der Waals surface area contributed by atoms with Crippen molar-refractivity contribution in [3.8, 4) is 0 Å². The van der Waals surface area contributed by atoms with Crippen molar-refractivity contribution >= 4 is 11.8 Å². The molecule has 124 valence electrons. The van der Waals surface area contributed by atoms with Gasteiger partial charge in [0, 0.05) is 18.8 Å². The van der Waals surface area contributed by atoms with E-state index in [2.05, 4.69) is 19.1 Å². The molecular formula is C20H26O3. The Kier molecular flexibility index (Phi) is 3.51. The standard InChI is InChI=1S/C20H26O3/c1-12(21)23-19-8-7-18-17-5-3-13-11-14(22)4-6-15(13)16(17)9-10-20(18,19)2/h3,5,11,15-19H,4,6-10H2,1-2H3/t15?,16-,17-,18+,19+,20+/m1/s1. The molecule has 4 rings (SSSR count). The third-order valence-electron chi connectivity index (χ3n) is 7.09. The highest BCUT2D eigenvalue weighted by atomic mass is 16.5. The number of hydrogen-bond acceptors (Lipinski definition) is 3. The first-order valence-electron chi connectivity index (χ1n) is 9.09. The third-order valence-corrected chi connectivity index (χ3v) is 7.09. The maximum Gasteiger partial charge on any atom is 0.302 e. The zero-order chi connectivity index (χ0) is 16.2. The highest BCUT2D eigenvalue weighted by Gasteiger charge is 2.56. The van der Waals surface area contributed by atoms with Crippen molar-refractivity contribution in [1.82, 2.24) is 0 Å². The summed E-state index contributed by atoms with van der Waals surface area (Å²) in [6.45, 7) is 3.86. The Bertz CT molecular complexity index is 602. The zero-order valence-corrected chi connectivity index (χ0v) is 14.1. The van der Waals surface area contributed by atoms with Crippen LogP contribution in [0.4, 0.5) is 0 Å². The van der Waals surface area contributed by atoms with Gasteiger partial charge in [-0.2, -0.15) is 0 Å². The summed E-state index contributed by atoms with van der Waals surface area (Å²) in [6, 6.07) is 0. The summed E-state index contributed by atoms with van der Waals surface area (Å²) in [5.74, 6) is 2.59. The molecule has 2 saturated carbocycles. The van der Waals surface area contributed by atoms with E-state index >= 15 is 0 Å². The molecule has 0 radical (unpaired) electrons. The Hall–Kier alpha value is -1.38. The van der Waals surface area contributed by atoms with Gasteiger partial charge in [-0.05, 0) is 67.4 Å². The maximum absolute atomic E-state index is 11.7. The fourth-order valence-electron chi connectivity index (χ4n) is 6.00. The molecule has 1 unspecified atom stereocenters. The van der Waals surface area contributed by atoms with Crippen LogP contribution in [0.3, 0.4) is 0 Å². The lowest BCUT2D eigenvalue weighted by atomic mass is 9.54. The van der Waals surface area contributed by atoms with Gasteiger partial charge in [-0.3, -0.25) is 9.59 Å². The third kappa shape index (κ3) is 2.31. The molecule has 0 heterocycles. The van der Waals surface area contributed by atoms with E-state index in [1.54, 1.807) is 0 Å². The Morgan fingerprint density at radius 3 is 2.87 bits per heavy atom. The van der Waals surface area contributed by atoms with E-state index in [0.717, 1.165) is 25.7 Å². The van der Waals surface area contributed by atoms with Crippen molar-refractivity contribution in [3.05, 3.63) is 23.8 Å². The molecule has 0 amide bonds. The van der Waals surface area contributed by atoms with Crippen LogP contribution >= 0.6 is 0 Å². The minimum absolute atomic E-state index is 0.0872. The molecule has 0 aromatic heterocycles. The number of carbonyl (C=O) groups is 2. The molecular weight excluding hydrogens is 288 g/mol. The molecule has 0 bridgehead atoms. The summed E-state index contributed by atoms with van der Waals surface area (Å²) in [6.07, 6.45) is 12.8. The summed E-state index contributed by atoms with van der Waals surface area (Å²) >= 11 is 0. The van der Waals surface area contributed by atoms with E-state index < -0.39 is 0 Å². The minimum atomic E-state index is -0.144. The Morgan fingerprint density at radius 1 is 1.26 bits per heavy atom. The van der Waals surface area contributed by atoms with Crippen LogP contribution in [-0.4, -0.2) is 17.9 Å². The molecule has 3 nitrogen and oxygen atoms in total. The van der Waals surface area contributed by atoms with Crippen LogP contribution in [0.1, 0.15) is 52.4 Å². The van der Waals surface area contributed by atoms with E-state index in [0.29, 0.717) is 30.1 Å². The Labute approximate surface area is 138 Å². The molecule has 6 atom stereocenters. The van der Waals surface area contributed by atoms with Gasteiger partial charge in [-0.25, -0.2) is 0 Å². The number of rotatable bonds is 1. The van der Waals surface area contributed by atoms with Gasteiger partial charge in [-0.15, -0.1) is 0 Å². The average molecular weight is 314 g/mol. The second kappa shape index (κ2) is 5.32. The molecule has 23 heavy (non-hydrogen) atoms. The molecule has 0 N–H and O–H groups in total. The first kappa shape index (κ1) is 15.2. The largest absolute Gasteiger partial charge is 0.462 e. The van der Waals surface area contributed by atoms with Gasteiger partial charge >= 0.3 is 5.97 Å². The number of esters is 1. The lowest BCUT2D eigenvalue weighted by molar-refractivity contribution is -0.155. The lowest BCUT2D eigenvalue weighted by Crippen LogP contribution is -2.47. The van der Waals surface area contributed by atoms with Crippen LogP contribution in [0.5, 0.6) is 0 Å². The van der Waals surface area contributed by atoms with Gasteiger partial charge < -0.3 is 4.74 Å². The van der Waals surface area contributed by atoms with Crippen molar-refractivity contribution in [2.45, 2.75) is 58.5 Å². The van der Waals surface area contributed by atoms with E-state index in [1.807, 2.05) is 6.08 Å². The molecule has 0 aliphatic heterocycles. The van der Waals surface area contributed by atoms with Crippen LogP contribution in [-0.2, 0) is 14.3 Å². The number of ether oxygens (including phenoxy) is 1. The molecule has 2 fully saturated rings. The van der Waals surface area contributed by atoms with Gasteiger partial charge in [0.05, 0.1) is 0 Å². The van der Waals surface area contributed by atoms with Crippen LogP contribution in [0, 0.1) is 29.1 Å². The highest BCUT2D eigenvalue weighted by molar-refractivity contribution is 5.91. The summed E-state index contributed by atoms with van der Waals surface area (Å²) in [5.41, 5.74) is 1.39. The number of allylic oxidation sites excluding steroid dienone is 4. The number of hydrogen-bond donors (Lipinski definition) is 0. The first-order valence-corrected chi connectivity index (χ1v) is 9.09. The second-order valence-electron chi connectivity index (χ2n) is 8.18. The highest BCUT2D eigenvalue weighted by Crippen LogP contribution is 2.60. The second-order valence-corrected chi connectivity index (χ2v) is 8.18. The molecule has 4 aliphatic carbocycles. The maximum atomic E-state index is 11.7. The summed E-state index contributed by atoms with van der Waals surface area (Å²) in [4.78, 5) is 23.1. The van der Waals surface area contributed by atoms with E-state index in [-0.39, 0.29) is 23.3 Å². The van der Waals surface area contributed by atoms with Crippen molar-refractivity contribution in [2.24, 2.45) is 29.1 Å². The van der Waals surface area contributed by atoms with Crippen LogP contribution in [0.2, 0.25) is 0 Å². The summed E-state index contributed by atoms with van der Waals surface area (Å²) in [5, 5.41) is 0. The van der Waals surface area contributed by atoms with Crippen LogP contribution < -0.4 is 0 Å². The van der Waals surface area contributed by atoms with Gasteiger partial charge in [0.2, 0.25) is 0 Å². The van der Waals surface area contributed by atoms with Gasteiger partial charge in [0.1, 0.15) is 6.10 Å². The van der Waals surface area contributed by atoms with Gasteiger partial charge in [-0.1, -0.05) is 19.1 Å². The molecule has 4 aliphatic rings. The van der Waals surface area contributed by atoms with Crippen molar-refractivity contribution in [1.29, 1.82) is 0 Å². The summed E-state index contributed by atoms with van der Waals surface area (Å²) < 4.78 is 5.67.